The van der Waals surface area contributed by atoms with Crippen LogP contribution in [0.1, 0.15) is 30.9 Å². The summed E-state index contributed by atoms with van der Waals surface area (Å²) in [4.78, 5) is 11.3. The first kappa shape index (κ1) is 13.7. The standard InChI is InChI=1S/C12H14F3NO/c13-12(14,15)7-6-10(17)8-11(16)9-4-2-1-3-5-9/h1-5,11H,6-8,16H2. The second-order valence-electron chi connectivity index (χ2n) is 3.88. The number of nitrogens with two attached hydrogens (primary N) is 1. The molecule has 17 heavy (non-hydrogen) atoms. The van der Waals surface area contributed by atoms with Gasteiger partial charge < -0.3 is 5.73 Å². The Balaban J connectivity index is 2.42. The SMILES string of the molecule is NC(CC(=O)CCC(F)(F)F)c1ccccc1. The average molecular weight is 245 g/mol. The minimum Gasteiger partial charge on any atom is -0.324 e. The van der Waals surface area contributed by atoms with Gasteiger partial charge in [-0.15, -0.1) is 0 Å². The summed E-state index contributed by atoms with van der Waals surface area (Å²) in [5.74, 6) is -0.460. The van der Waals surface area contributed by atoms with Gasteiger partial charge in [-0.1, -0.05) is 30.3 Å². The first-order chi connectivity index (χ1) is 7.88. The lowest BCUT2D eigenvalue weighted by Crippen LogP contribution is -2.17. The van der Waals surface area contributed by atoms with E-state index in [1.54, 1.807) is 24.3 Å². The van der Waals surface area contributed by atoms with E-state index in [2.05, 4.69) is 0 Å². The van der Waals surface area contributed by atoms with E-state index >= 15 is 0 Å². The van der Waals surface area contributed by atoms with Gasteiger partial charge in [-0.2, -0.15) is 13.2 Å². The van der Waals surface area contributed by atoms with Crippen LogP contribution in [0.2, 0.25) is 0 Å². The molecule has 0 radical (unpaired) electrons. The van der Waals surface area contributed by atoms with Crippen molar-refractivity contribution in [1.29, 1.82) is 0 Å². The molecule has 0 aromatic heterocycles. The topological polar surface area (TPSA) is 43.1 Å². The molecule has 1 aromatic rings. The lowest BCUT2D eigenvalue weighted by Gasteiger charge is -2.11. The van der Waals surface area contributed by atoms with Gasteiger partial charge in [0, 0.05) is 18.9 Å². The number of carbonyl (C=O) groups is 1. The third-order valence-electron chi connectivity index (χ3n) is 2.36. The van der Waals surface area contributed by atoms with Crippen molar-refractivity contribution >= 4 is 5.78 Å². The van der Waals surface area contributed by atoms with Crippen molar-refractivity contribution < 1.29 is 18.0 Å². The van der Waals surface area contributed by atoms with Gasteiger partial charge in [0.05, 0.1) is 6.42 Å². The summed E-state index contributed by atoms with van der Waals surface area (Å²) in [5, 5.41) is 0. The fraction of sp³-hybridized carbons (Fsp3) is 0.417. The Hall–Kier alpha value is -1.36. The highest BCUT2D eigenvalue weighted by Gasteiger charge is 2.28. The van der Waals surface area contributed by atoms with Gasteiger partial charge in [0.15, 0.2) is 0 Å². The zero-order chi connectivity index (χ0) is 12.9. The van der Waals surface area contributed by atoms with Crippen LogP contribution in [0, 0.1) is 0 Å². The van der Waals surface area contributed by atoms with Crippen molar-refractivity contribution in [2.45, 2.75) is 31.5 Å². The molecule has 2 nitrogen and oxygen atoms in total. The first-order valence-corrected chi connectivity index (χ1v) is 5.27. The number of halogens is 3. The molecule has 0 aliphatic rings. The van der Waals surface area contributed by atoms with Gasteiger partial charge in [-0.25, -0.2) is 0 Å². The van der Waals surface area contributed by atoms with E-state index in [1.807, 2.05) is 6.07 Å². The molecule has 0 amide bonds. The summed E-state index contributed by atoms with van der Waals surface area (Å²) in [6, 6.07) is 8.33. The quantitative estimate of drug-likeness (QED) is 0.866. The smallest absolute Gasteiger partial charge is 0.324 e. The van der Waals surface area contributed by atoms with Crippen LogP contribution in [-0.4, -0.2) is 12.0 Å². The first-order valence-electron chi connectivity index (χ1n) is 5.27. The lowest BCUT2D eigenvalue weighted by molar-refractivity contribution is -0.143. The van der Waals surface area contributed by atoms with Gasteiger partial charge in [-0.3, -0.25) is 4.79 Å². The Morgan fingerprint density at radius 2 is 1.82 bits per heavy atom. The summed E-state index contributed by atoms with van der Waals surface area (Å²) < 4.78 is 35.7. The Kier molecular flexibility index (Phi) is 4.69. The molecule has 0 saturated heterocycles. The molecule has 0 spiro atoms. The summed E-state index contributed by atoms with van der Waals surface area (Å²) in [6.07, 6.45) is -5.91. The Morgan fingerprint density at radius 1 is 1.24 bits per heavy atom. The van der Waals surface area contributed by atoms with Crippen LogP contribution < -0.4 is 5.73 Å². The van der Waals surface area contributed by atoms with Crippen molar-refractivity contribution in [3.8, 4) is 0 Å². The molecule has 1 atom stereocenters. The average Bonchev–Trinajstić information content (AvgIpc) is 2.27. The molecule has 0 fully saturated rings. The van der Waals surface area contributed by atoms with Crippen LogP contribution in [0.5, 0.6) is 0 Å². The van der Waals surface area contributed by atoms with E-state index in [1.165, 1.54) is 0 Å². The maximum Gasteiger partial charge on any atom is 0.389 e. The molecule has 1 rings (SSSR count). The lowest BCUT2D eigenvalue weighted by atomic mass is 10.0. The highest BCUT2D eigenvalue weighted by atomic mass is 19.4. The molecular formula is C12H14F3NO. The van der Waals surface area contributed by atoms with Crippen molar-refractivity contribution in [2.24, 2.45) is 5.73 Å². The normalized spacial score (nSPS) is 13.4. The number of ketones is 1. The van der Waals surface area contributed by atoms with Crippen molar-refractivity contribution in [1.82, 2.24) is 0 Å². The number of hydrogen-bond donors (Lipinski definition) is 1. The predicted octanol–water partition coefficient (Wildman–Crippen LogP) is 2.99. The van der Waals surface area contributed by atoms with Gasteiger partial charge >= 0.3 is 6.18 Å². The molecule has 0 heterocycles. The van der Waals surface area contributed by atoms with E-state index in [4.69, 9.17) is 5.73 Å². The van der Waals surface area contributed by atoms with Crippen LogP contribution in [0.25, 0.3) is 0 Å². The highest BCUT2D eigenvalue weighted by molar-refractivity contribution is 5.79. The fourth-order valence-electron chi connectivity index (χ4n) is 1.45. The van der Waals surface area contributed by atoms with Crippen molar-refractivity contribution in [3.63, 3.8) is 0 Å². The molecule has 1 aromatic carbocycles. The third kappa shape index (κ3) is 5.49. The third-order valence-corrected chi connectivity index (χ3v) is 2.36. The molecule has 1 unspecified atom stereocenters. The molecule has 0 saturated carbocycles. The number of carbonyl (C=O) groups excluding carboxylic acids is 1. The molecule has 5 heteroatoms. The monoisotopic (exact) mass is 245 g/mol. The molecule has 0 aliphatic carbocycles. The predicted molar refractivity (Wildman–Crippen MR) is 58.3 cm³/mol. The van der Waals surface area contributed by atoms with E-state index in [-0.39, 0.29) is 6.42 Å². The molecule has 0 bridgehead atoms. The van der Waals surface area contributed by atoms with Crippen LogP contribution in [-0.2, 0) is 4.79 Å². The van der Waals surface area contributed by atoms with Gasteiger partial charge in [0.1, 0.15) is 5.78 Å². The molecule has 0 aliphatic heterocycles. The molecular weight excluding hydrogens is 231 g/mol. The second-order valence-corrected chi connectivity index (χ2v) is 3.88. The Labute approximate surface area is 97.6 Å². The second kappa shape index (κ2) is 5.82. The van der Waals surface area contributed by atoms with Gasteiger partial charge in [-0.05, 0) is 5.56 Å². The highest BCUT2D eigenvalue weighted by Crippen LogP contribution is 2.23. The van der Waals surface area contributed by atoms with Crippen molar-refractivity contribution in [2.75, 3.05) is 0 Å². The minimum atomic E-state index is -4.29. The number of benzene rings is 1. The number of hydrogen-bond acceptors (Lipinski definition) is 2. The number of rotatable bonds is 5. The minimum absolute atomic E-state index is 0.0555. The van der Waals surface area contributed by atoms with E-state index < -0.39 is 30.8 Å². The van der Waals surface area contributed by atoms with Crippen LogP contribution >= 0.6 is 0 Å². The van der Waals surface area contributed by atoms with E-state index in [0.29, 0.717) is 0 Å². The van der Waals surface area contributed by atoms with Gasteiger partial charge in [0.25, 0.3) is 0 Å². The van der Waals surface area contributed by atoms with E-state index in [0.717, 1.165) is 5.56 Å². The molecule has 2 N–H and O–H groups in total. The number of alkyl halides is 3. The zero-order valence-electron chi connectivity index (χ0n) is 9.20. The van der Waals surface area contributed by atoms with Crippen molar-refractivity contribution in [3.05, 3.63) is 35.9 Å². The summed E-state index contributed by atoms with van der Waals surface area (Å²) >= 11 is 0. The maximum atomic E-state index is 11.9. The summed E-state index contributed by atoms with van der Waals surface area (Å²) in [5.41, 5.74) is 6.49. The summed E-state index contributed by atoms with van der Waals surface area (Å²) in [6.45, 7) is 0. The fourth-order valence-corrected chi connectivity index (χ4v) is 1.45. The van der Waals surface area contributed by atoms with Crippen LogP contribution in [0.15, 0.2) is 30.3 Å². The zero-order valence-corrected chi connectivity index (χ0v) is 9.20. The maximum absolute atomic E-state index is 11.9. The van der Waals surface area contributed by atoms with E-state index in [9.17, 15) is 18.0 Å². The number of Topliss-reactive ketones (excluding diaryl/α,β-unsaturated/α-hetero) is 1. The summed E-state index contributed by atoms with van der Waals surface area (Å²) in [7, 11) is 0. The Morgan fingerprint density at radius 3 is 2.35 bits per heavy atom. The van der Waals surface area contributed by atoms with Crippen LogP contribution in [0.3, 0.4) is 0 Å². The van der Waals surface area contributed by atoms with Crippen LogP contribution in [0.4, 0.5) is 13.2 Å². The molecule has 94 valence electrons. The largest absolute Gasteiger partial charge is 0.389 e. The van der Waals surface area contributed by atoms with Gasteiger partial charge in [0.2, 0.25) is 0 Å². The Bertz CT molecular complexity index is 362.